The number of hydrogen-bond donors (Lipinski definition) is 3. The highest BCUT2D eigenvalue weighted by Crippen LogP contribution is 2.38. The molecule has 0 bridgehead atoms. The van der Waals surface area contributed by atoms with Crippen molar-refractivity contribution in [3.8, 4) is 0 Å². The van der Waals surface area contributed by atoms with Crippen LogP contribution in [0, 0.1) is 26.7 Å². The molecule has 0 aromatic heterocycles. The summed E-state index contributed by atoms with van der Waals surface area (Å²) < 4.78 is 4.91. The van der Waals surface area contributed by atoms with Crippen molar-refractivity contribution in [2.45, 2.75) is 58.9 Å². The van der Waals surface area contributed by atoms with Crippen LogP contribution < -0.4 is 16.0 Å². The average Bonchev–Trinajstić information content (AvgIpc) is 3.00. The lowest BCUT2D eigenvalue weighted by Gasteiger charge is -2.36. The van der Waals surface area contributed by atoms with E-state index in [0.717, 1.165) is 40.9 Å². The molecular formula is C24H32N4O6. The Morgan fingerprint density at radius 3 is 2.44 bits per heavy atom. The summed E-state index contributed by atoms with van der Waals surface area (Å²) >= 11 is 0. The van der Waals surface area contributed by atoms with E-state index in [0.29, 0.717) is 12.1 Å². The molecule has 1 aromatic rings. The summed E-state index contributed by atoms with van der Waals surface area (Å²) in [5.74, 6) is -2.42. The number of hydrogen-bond acceptors (Lipinski definition) is 6. The number of carbonyl (C=O) groups excluding carboxylic acids is 5. The molecule has 2 unspecified atom stereocenters. The lowest BCUT2D eigenvalue weighted by atomic mass is 9.73. The van der Waals surface area contributed by atoms with Gasteiger partial charge in [0.2, 0.25) is 5.91 Å². The quantitative estimate of drug-likeness (QED) is 0.409. The second kappa shape index (κ2) is 10.2. The predicted octanol–water partition coefficient (Wildman–Crippen LogP) is 1.71. The van der Waals surface area contributed by atoms with Crippen molar-refractivity contribution in [3.63, 3.8) is 0 Å². The number of esters is 1. The van der Waals surface area contributed by atoms with Crippen molar-refractivity contribution in [2.75, 3.05) is 25.0 Å². The van der Waals surface area contributed by atoms with Gasteiger partial charge in [-0.1, -0.05) is 37.5 Å². The first-order valence-electron chi connectivity index (χ1n) is 11.5. The second-order valence-corrected chi connectivity index (χ2v) is 9.20. The van der Waals surface area contributed by atoms with Crippen LogP contribution in [0.3, 0.4) is 0 Å². The van der Waals surface area contributed by atoms with E-state index in [1.165, 1.54) is 0 Å². The molecule has 1 spiro atoms. The summed E-state index contributed by atoms with van der Waals surface area (Å²) in [6.07, 6.45) is 3.18. The molecule has 3 rings (SSSR count). The number of amides is 5. The molecule has 0 radical (unpaired) electrons. The number of nitrogens with zero attached hydrogens (tertiary/aromatic N) is 1. The van der Waals surface area contributed by atoms with Crippen LogP contribution in [0.5, 0.6) is 0 Å². The van der Waals surface area contributed by atoms with E-state index in [9.17, 15) is 24.0 Å². The molecule has 1 saturated carbocycles. The van der Waals surface area contributed by atoms with Crippen molar-refractivity contribution in [2.24, 2.45) is 5.92 Å². The predicted molar refractivity (Wildman–Crippen MR) is 124 cm³/mol. The number of urea groups is 1. The Balaban J connectivity index is 1.44. The molecule has 1 aromatic carbocycles. The van der Waals surface area contributed by atoms with Gasteiger partial charge in [-0.05, 0) is 50.7 Å². The van der Waals surface area contributed by atoms with Crippen LogP contribution in [-0.4, -0.2) is 59.9 Å². The number of imide groups is 1. The third kappa shape index (κ3) is 5.37. The molecule has 184 valence electrons. The summed E-state index contributed by atoms with van der Waals surface area (Å²) in [5, 5.41) is 7.91. The van der Waals surface area contributed by atoms with E-state index in [-0.39, 0.29) is 12.5 Å². The summed E-state index contributed by atoms with van der Waals surface area (Å²) in [5.41, 5.74) is 2.63. The Morgan fingerprint density at radius 2 is 1.79 bits per heavy atom. The number of nitrogens with one attached hydrogen (secondary N) is 3. The first-order valence-corrected chi connectivity index (χ1v) is 11.5. The van der Waals surface area contributed by atoms with Crippen LogP contribution in [0.1, 0.15) is 49.3 Å². The average molecular weight is 473 g/mol. The standard InChI is InChI=1S/C24H32N4O6/c1-14-9-15(2)21(16(3)10-14)26-18(29)11-25-19(30)13-34-20(31)12-28-22(32)24(27-23(28)33)8-6-5-7-17(24)4/h9-10,17H,5-8,11-13H2,1-4H3,(H,25,30)(H,26,29)(H,27,33). The molecule has 34 heavy (non-hydrogen) atoms. The highest BCUT2D eigenvalue weighted by molar-refractivity contribution is 6.09. The molecule has 10 nitrogen and oxygen atoms in total. The van der Waals surface area contributed by atoms with Gasteiger partial charge in [0.1, 0.15) is 12.1 Å². The number of carbonyl (C=O) groups is 5. The molecule has 2 aliphatic rings. The Kier molecular flexibility index (Phi) is 7.58. The van der Waals surface area contributed by atoms with Gasteiger partial charge in [0.25, 0.3) is 11.8 Å². The minimum atomic E-state index is -0.964. The SMILES string of the molecule is Cc1cc(C)c(NC(=O)CNC(=O)COC(=O)CN2C(=O)NC3(CCCCC3C)C2=O)c(C)c1. The molecular weight excluding hydrogens is 440 g/mol. The molecule has 3 N–H and O–H groups in total. The van der Waals surface area contributed by atoms with Crippen molar-refractivity contribution >= 4 is 35.4 Å². The second-order valence-electron chi connectivity index (χ2n) is 9.20. The smallest absolute Gasteiger partial charge is 0.326 e. The molecule has 5 amide bonds. The van der Waals surface area contributed by atoms with Crippen LogP contribution >= 0.6 is 0 Å². The van der Waals surface area contributed by atoms with E-state index in [4.69, 9.17) is 4.74 Å². The van der Waals surface area contributed by atoms with Gasteiger partial charge in [-0.2, -0.15) is 0 Å². The maximum absolute atomic E-state index is 12.9. The van der Waals surface area contributed by atoms with Gasteiger partial charge < -0.3 is 20.7 Å². The molecule has 1 heterocycles. The third-order valence-corrected chi connectivity index (χ3v) is 6.54. The molecule has 10 heteroatoms. The summed E-state index contributed by atoms with van der Waals surface area (Å²) in [7, 11) is 0. The number of benzene rings is 1. The lowest BCUT2D eigenvalue weighted by molar-refractivity contribution is -0.151. The van der Waals surface area contributed by atoms with Crippen molar-refractivity contribution in [1.82, 2.24) is 15.5 Å². The van der Waals surface area contributed by atoms with Crippen LogP contribution in [0.2, 0.25) is 0 Å². The van der Waals surface area contributed by atoms with Crippen LogP contribution in [-0.2, 0) is 23.9 Å². The van der Waals surface area contributed by atoms with E-state index < -0.39 is 48.4 Å². The zero-order valence-corrected chi connectivity index (χ0v) is 20.1. The van der Waals surface area contributed by atoms with E-state index in [1.807, 2.05) is 39.8 Å². The number of anilines is 1. The largest absolute Gasteiger partial charge is 0.454 e. The highest BCUT2D eigenvalue weighted by atomic mass is 16.5. The zero-order valence-electron chi connectivity index (χ0n) is 20.1. The van der Waals surface area contributed by atoms with Crippen LogP contribution in [0.4, 0.5) is 10.5 Å². The van der Waals surface area contributed by atoms with Gasteiger partial charge in [-0.3, -0.25) is 24.1 Å². The Labute approximate surface area is 198 Å². The summed E-state index contributed by atoms with van der Waals surface area (Å²) in [6.45, 7) is 6.16. The Bertz CT molecular complexity index is 1000. The van der Waals surface area contributed by atoms with Gasteiger partial charge in [0, 0.05) is 5.69 Å². The number of ether oxygens (including phenoxy) is 1. The fraction of sp³-hybridized carbons (Fsp3) is 0.542. The summed E-state index contributed by atoms with van der Waals surface area (Å²) in [6, 6.07) is 3.27. The van der Waals surface area contributed by atoms with Gasteiger partial charge in [-0.15, -0.1) is 0 Å². The maximum Gasteiger partial charge on any atom is 0.326 e. The van der Waals surface area contributed by atoms with Gasteiger partial charge in [0.15, 0.2) is 6.61 Å². The number of aryl methyl sites for hydroxylation is 3. The fourth-order valence-corrected chi connectivity index (χ4v) is 4.75. The van der Waals surface area contributed by atoms with Crippen molar-refractivity contribution in [3.05, 3.63) is 28.8 Å². The van der Waals surface area contributed by atoms with Gasteiger partial charge in [0.05, 0.1) is 6.54 Å². The van der Waals surface area contributed by atoms with E-state index >= 15 is 0 Å². The van der Waals surface area contributed by atoms with Gasteiger partial charge >= 0.3 is 12.0 Å². The van der Waals surface area contributed by atoms with E-state index in [2.05, 4.69) is 16.0 Å². The third-order valence-electron chi connectivity index (χ3n) is 6.54. The molecule has 1 aliphatic carbocycles. The molecule has 1 saturated heterocycles. The topological polar surface area (TPSA) is 134 Å². The van der Waals surface area contributed by atoms with Crippen molar-refractivity contribution in [1.29, 1.82) is 0 Å². The first kappa shape index (κ1) is 25.2. The number of rotatable bonds is 7. The maximum atomic E-state index is 12.9. The Morgan fingerprint density at radius 1 is 1.12 bits per heavy atom. The normalized spacial score (nSPS) is 21.9. The van der Waals surface area contributed by atoms with Crippen molar-refractivity contribution < 1.29 is 28.7 Å². The monoisotopic (exact) mass is 472 g/mol. The van der Waals surface area contributed by atoms with Gasteiger partial charge in [-0.25, -0.2) is 4.79 Å². The molecule has 1 aliphatic heterocycles. The lowest BCUT2D eigenvalue weighted by Crippen LogP contribution is -2.54. The minimum absolute atomic E-state index is 0.0249. The zero-order chi connectivity index (χ0) is 25.0. The van der Waals surface area contributed by atoms with E-state index in [1.54, 1.807) is 0 Å². The Hall–Kier alpha value is -3.43. The van der Waals surface area contributed by atoms with Crippen LogP contribution in [0.15, 0.2) is 12.1 Å². The fourth-order valence-electron chi connectivity index (χ4n) is 4.75. The van der Waals surface area contributed by atoms with Crippen LogP contribution in [0.25, 0.3) is 0 Å². The minimum Gasteiger partial charge on any atom is -0.454 e. The summed E-state index contributed by atoms with van der Waals surface area (Å²) in [4.78, 5) is 62.4. The first-order chi connectivity index (χ1) is 16.0. The molecule has 2 atom stereocenters. The molecule has 2 fully saturated rings. The highest BCUT2D eigenvalue weighted by Gasteiger charge is 2.55.